The van der Waals surface area contributed by atoms with Gasteiger partial charge in [0.2, 0.25) is 6.29 Å². The largest absolute Gasteiger partial charge is 0.463 e. The van der Waals surface area contributed by atoms with Crippen molar-refractivity contribution in [2.24, 2.45) is 0 Å². The summed E-state index contributed by atoms with van der Waals surface area (Å²) in [6.45, 7) is 10.7. The molecule has 186 valence electrons. The summed E-state index contributed by atoms with van der Waals surface area (Å²) in [4.78, 5) is 58.5. The van der Waals surface area contributed by atoms with E-state index >= 15 is 0 Å². The minimum atomic E-state index is -1.49. The number of Topliss-reactive ketones (excluding diaryl/α,β-unsaturated/α-hetero) is 1. The summed E-state index contributed by atoms with van der Waals surface area (Å²) in [7, 11) is 0. The van der Waals surface area contributed by atoms with Gasteiger partial charge >= 0.3 is 23.9 Å². The fourth-order valence-corrected chi connectivity index (χ4v) is 2.96. The van der Waals surface area contributed by atoms with Gasteiger partial charge in [-0.1, -0.05) is 6.58 Å². The monoisotopic (exact) mass is 474 g/mol. The molecule has 12 nitrogen and oxygen atoms in total. The van der Waals surface area contributed by atoms with E-state index in [9.17, 15) is 24.0 Å². The Morgan fingerprint density at radius 1 is 0.818 bits per heavy atom. The Labute approximate surface area is 191 Å². The summed E-state index contributed by atoms with van der Waals surface area (Å²) < 4.78 is 37.8. The number of esters is 4. The zero-order valence-electron chi connectivity index (χ0n) is 19.5. The van der Waals surface area contributed by atoms with Crippen LogP contribution >= 0.6 is 0 Å². The molecule has 0 amide bonds. The highest BCUT2D eigenvalue weighted by atomic mass is 16.8. The second kappa shape index (κ2) is 13.0. The van der Waals surface area contributed by atoms with Crippen LogP contribution in [0.3, 0.4) is 0 Å². The maximum atomic E-state index is 11.8. The highest BCUT2D eigenvalue weighted by Gasteiger charge is 2.53. The van der Waals surface area contributed by atoms with Gasteiger partial charge in [0, 0.05) is 39.9 Å². The average Bonchev–Trinajstić information content (AvgIpc) is 2.68. The second-order valence-electron chi connectivity index (χ2n) is 7.07. The SMILES string of the molecule is C=C(C(C)=O)[C@H](OCC)O[C@@H]1O[C@H](COC(C)=O)[C@@H](OC(C)=O)[C@H](OC(C)=O)[C@H]1OC(C)=O. The molecule has 33 heavy (non-hydrogen) atoms. The number of carbonyl (C=O) groups is 5. The molecule has 1 fully saturated rings. The van der Waals surface area contributed by atoms with Gasteiger partial charge in [0.25, 0.3) is 0 Å². The van der Waals surface area contributed by atoms with E-state index in [1.165, 1.54) is 6.92 Å². The van der Waals surface area contributed by atoms with Crippen LogP contribution in [0.15, 0.2) is 12.2 Å². The van der Waals surface area contributed by atoms with Crippen LogP contribution < -0.4 is 0 Å². The minimum absolute atomic E-state index is 0.0512. The van der Waals surface area contributed by atoms with Crippen molar-refractivity contribution in [2.45, 2.75) is 78.5 Å². The molecule has 12 heteroatoms. The van der Waals surface area contributed by atoms with E-state index in [0.717, 1.165) is 27.7 Å². The number of hydrogen-bond acceptors (Lipinski definition) is 12. The van der Waals surface area contributed by atoms with Crippen LogP contribution in [-0.4, -0.2) is 79.9 Å². The number of ketones is 1. The first kappa shape index (κ1) is 28.2. The highest BCUT2D eigenvalue weighted by molar-refractivity contribution is 5.93. The third-order valence-electron chi connectivity index (χ3n) is 4.26. The first-order valence-corrected chi connectivity index (χ1v) is 10.1. The molecule has 0 aromatic rings. The topological polar surface area (TPSA) is 150 Å². The zero-order valence-corrected chi connectivity index (χ0v) is 19.5. The van der Waals surface area contributed by atoms with Crippen LogP contribution in [-0.2, 0) is 57.1 Å². The maximum Gasteiger partial charge on any atom is 0.303 e. The van der Waals surface area contributed by atoms with Gasteiger partial charge in [0.15, 0.2) is 30.4 Å². The maximum absolute atomic E-state index is 11.8. The molecule has 0 spiro atoms. The quantitative estimate of drug-likeness (QED) is 0.178. The van der Waals surface area contributed by atoms with Crippen molar-refractivity contribution in [3.63, 3.8) is 0 Å². The number of ether oxygens (including phenoxy) is 7. The minimum Gasteiger partial charge on any atom is -0.463 e. The van der Waals surface area contributed by atoms with Gasteiger partial charge in [-0.3, -0.25) is 24.0 Å². The van der Waals surface area contributed by atoms with Crippen molar-refractivity contribution < 1.29 is 57.1 Å². The van der Waals surface area contributed by atoms with E-state index < -0.39 is 73.3 Å². The Hall–Kier alpha value is -2.83. The summed E-state index contributed by atoms with van der Waals surface area (Å²) >= 11 is 0. The molecule has 0 aromatic carbocycles. The van der Waals surface area contributed by atoms with Crippen LogP contribution in [0.25, 0.3) is 0 Å². The summed E-state index contributed by atoms with van der Waals surface area (Å²) in [6.07, 6.45) is -8.13. The predicted molar refractivity (Wildman–Crippen MR) is 108 cm³/mol. The lowest BCUT2D eigenvalue weighted by atomic mass is 9.98. The summed E-state index contributed by atoms with van der Waals surface area (Å²) in [5.41, 5.74) is -0.0512. The van der Waals surface area contributed by atoms with Crippen molar-refractivity contribution >= 4 is 29.7 Å². The Bertz CT molecular complexity index is 760. The van der Waals surface area contributed by atoms with Crippen molar-refractivity contribution in [1.29, 1.82) is 0 Å². The lowest BCUT2D eigenvalue weighted by Crippen LogP contribution is -2.63. The van der Waals surface area contributed by atoms with E-state index in [0.29, 0.717) is 0 Å². The first-order valence-electron chi connectivity index (χ1n) is 10.1. The van der Waals surface area contributed by atoms with Gasteiger partial charge in [-0.15, -0.1) is 0 Å². The lowest BCUT2D eigenvalue weighted by Gasteiger charge is -2.44. The molecular formula is C21H30O12. The van der Waals surface area contributed by atoms with Gasteiger partial charge in [0.05, 0.1) is 0 Å². The molecule has 1 aliphatic heterocycles. The molecule has 0 saturated carbocycles. The third-order valence-corrected chi connectivity index (χ3v) is 4.26. The molecule has 0 N–H and O–H groups in total. The zero-order chi connectivity index (χ0) is 25.3. The summed E-state index contributed by atoms with van der Waals surface area (Å²) in [5, 5.41) is 0. The lowest BCUT2D eigenvalue weighted by molar-refractivity contribution is -0.333. The smallest absolute Gasteiger partial charge is 0.303 e. The molecule has 0 aliphatic carbocycles. The fraction of sp³-hybridized carbons (Fsp3) is 0.667. The van der Waals surface area contributed by atoms with Crippen LogP contribution in [0, 0.1) is 0 Å². The Morgan fingerprint density at radius 2 is 1.33 bits per heavy atom. The molecule has 1 saturated heterocycles. The first-order chi connectivity index (χ1) is 15.4. The Morgan fingerprint density at radius 3 is 1.79 bits per heavy atom. The molecular weight excluding hydrogens is 444 g/mol. The highest BCUT2D eigenvalue weighted by Crippen LogP contribution is 2.31. The van der Waals surface area contributed by atoms with E-state index in [1.807, 2.05) is 0 Å². The third kappa shape index (κ3) is 8.91. The predicted octanol–water partition coefficient (Wildman–Crippen LogP) is 0.594. The Balaban J connectivity index is 3.44. The standard InChI is InChI=1S/C21H30O12/c1-8-27-20(10(2)11(3)22)33-21-19(31-15(7)26)18(30-14(6)25)17(29-13(5)24)16(32-21)9-28-12(4)23/h16-21H,2,8-9H2,1,3-7H3/t16-,17-,18+,19-,20-,21+/m1/s1. The van der Waals surface area contributed by atoms with E-state index in [1.54, 1.807) is 6.92 Å². The van der Waals surface area contributed by atoms with Gasteiger partial charge < -0.3 is 33.2 Å². The van der Waals surface area contributed by atoms with Crippen molar-refractivity contribution in [3.05, 3.63) is 12.2 Å². The fourth-order valence-electron chi connectivity index (χ4n) is 2.96. The van der Waals surface area contributed by atoms with E-state index in [2.05, 4.69) is 6.58 Å². The molecule has 0 bridgehead atoms. The normalized spacial score (nSPS) is 25.3. The molecule has 6 atom stereocenters. The molecule has 0 unspecified atom stereocenters. The van der Waals surface area contributed by atoms with Gasteiger partial charge in [0.1, 0.15) is 12.7 Å². The summed E-state index contributed by atoms with van der Waals surface area (Å²) in [5.74, 6) is -3.41. The van der Waals surface area contributed by atoms with E-state index in [4.69, 9.17) is 33.2 Å². The average molecular weight is 474 g/mol. The van der Waals surface area contributed by atoms with Crippen LogP contribution in [0.5, 0.6) is 0 Å². The van der Waals surface area contributed by atoms with Crippen LogP contribution in [0.2, 0.25) is 0 Å². The number of hydrogen-bond donors (Lipinski definition) is 0. The van der Waals surface area contributed by atoms with Gasteiger partial charge in [-0.25, -0.2) is 0 Å². The van der Waals surface area contributed by atoms with Crippen molar-refractivity contribution in [2.75, 3.05) is 13.2 Å². The molecule has 1 heterocycles. The van der Waals surface area contributed by atoms with Crippen molar-refractivity contribution in [1.82, 2.24) is 0 Å². The van der Waals surface area contributed by atoms with Gasteiger partial charge in [-0.2, -0.15) is 0 Å². The summed E-state index contributed by atoms with van der Waals surface area (Å²) in [6, 6.07) is 0. The Kier molecular flexibility index (Phi) is 11.1. The molecule has 1 aliphatic rings. The van der Waals surface area contributed by atoms with E-state index in [-0.39, 0.29) is 12.2 Å². The van der Waals surface area contributed by atoms with Crippen molar-refractivity contribution in [3.8, 4) is 0 Å². The van der Waals surface area contributed by atoms with Gasteiger partial charge in [-0.05, 0) is 13.8 Å². The molecule has 0 aromatic heterocycles. The number of carbonyl (C=O) groups excluding carboxylic acids is 5. The molecule has 1 rings (SSSR count). The van der Waals surface area contributed by atoms with Crippen LogP contribution in [0.1, 0.15) is 41.5 Å². The molecule has 0 radical (unpaired) electrons. The second-order valence-corrected chi connectivity index (χ2v) is 7.07. The number of rotatable bonds is 11. The van der Waals surface area contributed by atoms with Crippen LogP contribution in [0.4, 0.5) is 0 Å².